The fourth-order valence-corrected chi connectivity index (χ4v) is 1.05. The van der Waals surface area contributed by atoms with Crippen LogP contribution in [-0.2, 0) is 9.59 Å². The summed E-state index contributed by atoms with van der Waals surface area (Å²) in [7, 11) is 0. The maximum atomic E-state index is 10.8. The zero-order chi connectivity index (χ0) is 11.4. The van der Waals surface area contributed by atoms with E-state index in [1.807, 2.05) is 13.8 Å². The first-order valence-electron chi connectivity index (χ1n) is 4.42. The van der Waals surface area contributed by atoms with Gasteiger partial charge in [-0.25, -0.2) is 4.79 Å². The van der Waals surface area contributed by atoms with Crippen LogP contribution in [0, 0.1) is 5.41 Å². The summed E-state index contributed by atoms with van der Waals surface area (Å²) in [6, 6.07) is -0.847. The molecule has 1 amide bonds. The molecule has 0 aromatic carbocycles. The number of nitrogens with one attached hydrogen (secondary N) is 1. The van der Waals surface area contributed by atoms with E-state index in [0.29, 0.717) is 6.42 Å². The number of carbonyl (C=O) groups excluding carboxylic acids is 1. The molecule has 0 saturated carbocycles. The molecule has 0 radical (unpaired) electrons. The van der Waals surface area contributed by atoms with Crippen molar-refractivity contribution in [3.63, 3.8) is 0 Å². The Kier molecular flexibility index (Phi) is 4.34. The summed E-state index contributed by atoms with van der Waals surface area (Å²) in [5, 5.41) is 11.2. The molecule has 0 aliphatic rings. The van der Waals surface area contributed by atoms with Crippen molar-refractivity contribution in [1.29, 1.82) is 0 Å². The maximum Gasteiger partial charge on any atom is 0.326 e. The minimum Gasteiger partial charge on any atom is -0.480 e. The predicted molar refractivity (Wildman–Crippen MR) is 53.8 cm³/mol. The van der Waals surface area contributed by atoms with E-state index in [0.717, 1.165) is 0 Å². The molecular formula is C10H17NO3. The molecule has 4 nitrogen and oxygen atoms in total. The molecule has 0 rings (SSSR count). The van der Waals surface area contributed by atoms with Crippen molar-refractivity contribution in [2.75, 3.05) is 0 Å². The Labute approximate surface area is 84.0 Å². The van der Waals surface area contributed by atoms with E-state index >= 15 is 0 Å². The Bertz CT molecular complexity index is 246. The van der Waals surface area contributed by atoms with Crippen molar-refractivity contribution in [2.45, 2.75) is 33.2 Å². The molecule has 0 fully saturated rings. The first-order valence-corrected chi connectivity index (χ1v) is 4.42. The van der Waals surface area contributed by atoms with Crippen LogP contribution >= 0.6 is 0 Å². The van der Waals surface area contributed by atoms with Crippen molar-refractivity contribution in [3.05, 3.63) is 12.7 Å². The van der Waals surface area contributed by atoms with Gasteiger partial charge in [0.1, 0.15) is 6.04 Å². The standard InChI is InChI=1S/C10H17NO3/c1-5-10(3,4)6-8(9(13)14)11-7(2)12/h5,8H,1,6H2,2-4H3,(H,11,12)(H,13,14)/t8-/m0/s1. The molecule has 2 N–H and O–H groups in total. The maximum absolute atomic E-state index is 10.8. The molecule has 0 aliphatic carbocycles. The summed E-state index contributed by atoms with van der Waals surface area (Å²) in [6.07, 6.45) is 2.02. The molecule has 14 heavy (non-hydrogen) atoms. The molecule has 1 atom stereocenters. The molecule has 0 spiro atoms. The molecule has 0 aliphatic heterocycles. The van der Waals surface area contributed by atoms with Gasteiger partial charge in [0, 0.05) is 6.92 Å². The lowest BCUT2D eigenvalue weighted by atomic mass is 9.86. The van der Waals surface area contributed by atoms with Gasteiger partial charge in [0.25, 0.3) is 0 Å². The number of hydrogen-bond acceptors (Lipinski definition) is 2. The van der Waals surface area contributed by atoms with Crippen LogP contribution in [0.3, 0.4) is 0 Å². The topological polar surface area (TPSA) is 66.4 Å². The fraction of sp³-hybridized carbons (Fsp3) is 0.600. The SMILES string of the molecule is C=CC(C)(C)C[C@H](NC(C)=O)C(=O)O. The van der Waals surface area contributed by atoms with Crippen LogP contribution in [0.2, 0.25) is 0 Å². The minimum absolute atomic E-state index is 0.300. The number of carbonyl (C=O) groups is 2. The second kappa shape index (κ2) is 4.79. The van der Waals surface area contributed by atoms with E-state index in [1.54, 1.807) is 6.08 Å². The second-order valence-electron chi connectivity index (χ2n) is 3.99. The van der Waals surface area contributed by atoms with E-state index < -0.39 is 12.0 Å². The lowest BCUT2D eigenvalue weighted by Crippen LogP contribution is -2.42. The zero-order valence-electron chi connectivity index (χ0n) is 8.83. The number of aliphatic carboxylic acids is 1. The number of rotatable bonds is 5. The third-order valence-corrected chi connectivity index (χ3v) is 1.96. The third kappa shape index (κ3) is 4.64. The highest BCUT2D eigenvalue weighted by Gasteiger charge is 2.26. The van der Waals surface area contributed by atoms with Crippen molar-refractivity contribution < 1.29 is 14.7 Å². The highest BCUT2D eigenvalue weighted by molar-refractivity contribution is 5.82. The van der Waals surface area contributed by atoms with Crippen molar-refractivity contribution in [3.8, 4) is 0 Å². The van der Waals surface area contributed by atoms with Gasteiger partial charge in [-0.3, -0.25) is 4.79 Å². The Balaban J connectivity index is 4.45. The van der Waals surface area contributed by atoms with Gasteiger partial charge in [-0.2, -0.15) is 0 Å². The Hall–Kier alpha value is -1.32. The van der Waals surface area contributed by atoms with Gasteiger partial charge in [0.2, 0.25) is 5.91 Å². The Morgan fingerprint density at radius 3 is 2.36 bits per heavy atom. The predicted octanol–water partition coefficient (Wildman–Crippen LogP) is 1.18. The van der Waals surface area contributed by atoms with Crippen LogP contribution in [0.5, 0.6) is 0 Å². The number of carboxylic acid groups (broad SMARTS) is 1. The largest absolute Gasteiger partial charge is 0.480 e. The monoisotopic (exact) mass is 199 g/mol. The van der Waals surface area contributed by atoms with Crippen LogP contribution in [-0.4, -0.2) is 23.0 Å². The quantitative estimate of drug-likeness (QED) is 0.653. The average Bonchev–Trinajstić information content (AvgIpc) is 2.02. The van der Waals surface area contributed by atoms with E-state index in [9.17, 15) is 9.59 Å². The zero-order valence-corrected chi connectivity index (χ0v) is 8.83. The summed E-state index contributed by atoms with van der Waals surface area (Å²) in [5.41, 5.74) is -0.300. The summed E-state index contributed by atoms with van der Waals surface area (Å²) >= 11 is 0. The molecule has 0 bridgehead atoms. The Morgan fingerprint density at radius 2 is 2.07 bits per heavy atom. The number of carboxylic acids is 1. The minimum atomic E-state index is -1.02. The van der Waals surface area contributed by atoms with Crippen LogP contribution < -0.4 is 5.32 Å². The van der Waals surface area contributed by atoms with Crippen molar-refractivity contribution in [2.24, 2.45) is 5.41 Å². The van der Waals surface area contributed by atoms with Gasteiger partial charge in [0.05, 0.1) is 0 Å². The molecular weight excluding hydrogens is 182 g/mol. The van der Waals surface area contributed by atoms with E-state index in [2.05, 4.69) is 11.9 Å². The highest BCUT2D eigenvalue weighted by Crippen LogP contribution is 2.23. The highest BCUT2D eigenvalue weighted by atomic mass is 16.4. The third-order valence-electron chi connectivity index (χ3n) is 1.96. The number of amides is 1. The van der Waals surface area contributed by atoms with E-state index in [-0.39, 0.29) is 11.3 Å². The lowest BCUT2D eigenvalue weighted by molar-refractivity contribution is -0.142. The smallest absolute Gasteiger partial charge is 0.326 e. The summed E-state index contributed by atoms with van der Waals surface area (Å²) < 4.78 is 0. The van der Waals surface area contributed by atoms with Gasteiger partial charge in [0.15, 0.2) is 0 Å². The molecule has 4 heteroatoms. The van der Waals surface area contributed by atoms with Gasteiger partial charge in [-0.15, -0.1) is 6.58 Å². The summed E-state index contributed by atoms with van der Waals surface area (Å²) in [4.78, 5) is 21.5. The molecule has 0 heterocycles. The van der Waals surface area contributed by atoms with Crippen LogP contribution in [0.25, 0.3) is 0 Å². The van der Waals surface area contributed by atoms with Gasteiger partial charge in [-0.1, -0.05) is 19.9 Å². The second-order valence-corrected chi connectivity index (χ2v) is 3.99. The average molecular weight is 199 g/mol. The van der Waals surface area contributed by atoms with E-state index in [4.69, 9.17) is 5.11 Å². The molecule has 0 unspecified atom stereocenters. The van der Waals surface area contributed by atoms with Crippen LogP contribution in [0.1, 0.15) is 27.2 Å². The van der Waals surface area contributed by atoms with Gasteiger partial charge in [-0.05, 0) is 11.8 Å². The van der Waals surface area contributed by atoms with Crippen LogP contribution in [0.4, 0.5) is 0 Å². The molecule has 0 saturated heterocycles. The Morgan fingerprint density at radius 1 is 1.57 bits per heavy atom. The van der Waals surface area contributed by atoms with Crippen molar-refractivity contribution >= 4 is 11.9 Å². The normalized spacial score (nSPS) is 13.1. The fourth-order valence-electron chi connectivity index (χ4n) is 1.05. The van der Waals surface area contributed by atoms with Crippen molar-refractivity contribution in [1.82, 2.24) is 5.32 Å². The lowest BCUT2D eigenvalue weighted by Gasteiger charge is -2.24. The molecule has 80 valence electrons. The first kappa shape index (κ1) is 12.7. The van der Waals surface area contributed by atoms with Crippen LogP contribution in [0.15, 0.2) is 12.7 Å². The molecule has 0 aromatic rings. The number of hydrogen-bond donors (Lipinski definition) is 2. The number of allylic oxidation sites excluding steroid dienone is 1. The first-order chi connectivity index (χ1) is 6.28. The summed E-state index contributed by atoms with van der Waals surface area (Å²) in [5.74, 6) is -1.35. The van der Waals surface area contributed by atoms with E-state index in [1.165, 1.54) is 6.92 Å². The van der Waals surface area contributed by atoms with Gasteiger partial charge < -0.3 is 10.4 Å². The van der Waals surface area contributed by atoms with Gasteiger partial charge >= 0.3 is 5.97 Å². The molecule has 0 aromatic heterocycles. The summed E-state index contributed by atoms with van der Waals surface area (Å²) in [6.45, 7) is 8.67.